The maximum absolute atomic E-state index is 6.00. The first-order valence-electron chi connectivity index (χ1n) is 7.70. The Morgan fingerprint density at radius 2 is 2.10 bits per heavy atom. The summed E-state index contributed by atoms with van der Waals surface area (Å²) in [5.41, 5.74) is 1.14. The van der Waals surface area contributed by atoms with Gasteiger partial charge in [-0.2, -0.15) is 11.8 Å². The summed E-state index contributed by atoms with van der Waals surface area (Å²) in [7, 11) is 0. The van der Waals surface area contributed by atoms with Crippen LogP contribution in [0.2, 0.25) is 0 Å². The standard InChI is InChI=1S/C16H25N3OS/c1-3-5-6-15(13-19-7-9-21-10-8-19)20-16-17-11-14(4-2)12-18-16/h3,11-12,15H,1,4-10,13H2,2H3. The molecule has 1 aromatic heterocycles. The summed E-state index contributed by atoms with van der Waals surface area (Å²) in [4.78, 5) is 11.1. The fourth-order valence-corrected chi connectivity index (χ4v) is 3.28. The Kier molecular flexibility index (Phi) is 7.03. The summed E-state index contributed by atoms with van der Waals surface area (Å²) < 4.78 is 6.00. The van der Waals surface area contributed by atoms with Crippen LogP contribution in [0.15, 0.2) is 25.0 Å². The van der Waals surface area contributed by atoms with Crippen molar-refractivity contribution >= 4 is 11.8 Å². The molecule has 1 unspecified atom stereocenters. The van der Waals surface area contributed by atoms with E-state index in [0.717, 1.165) is 44.5 Å². The van der Waals surface area contributed by atoms with E-state index in [0.29, 0.717) is 6.01 Å². The van der Waals surface area contributed by atoms with Gasteiger partial charge in [0.25, 0.3) is 0 Å². The molecule has 2 rings (SSSR count). The van der Waals surface area contributed by atoms with Crippen molar-refractivity contribution in [1.82, 2.24) is 14.9 Å². The fraction of sp³-hybridized carbons (Fsp3) is 0.625. The molecule has 21 heavy (non-hydrogen) atoms. The van der Waals surface area contributed by atoms with Gasteiger partial charge in [0.2, 0.25) is 0 Å². The molecule has 0 saturated carbocycles. The molecule has 0 aliphatic carbocycles. The first kappa shape index (κ1) is 16.3. The third-order valence-electron chi connectivity index (χ3n) is 3.62. The van der Waals surface area contributed by atoms with E-state index in [-0.39, 0.29) is 6.10 Å². The van der Waals surface area contributed by atoms with E-state index < -0.39 is 0 Å². The number of hydrogen-bond donors (Lipinski definition) is 0. The summed E-state index contributed by atoms with van der Waals surface area (Å²) in [5.74, 6) is 2.44. The average Bonchev–Trinajstić information content (AvgIpc) is 2.54. The second kappa shape index (κ2) is 9.05. The van der Waals surface area contributed by atoms with Crippen LogP contribution in [0.1, 0.15) is 25.3 Å². The second-order valence-electron chi connectivity index (χ2n) is 5.25. The smallest absolute Gasteiger partial charge is 0.316 e. The van der Waals surface area contributed by atoms with Gasteiger partial charge in [0.15, 0.2) is 0 Å². The predicted octanol–water partition coefficient (Wildman–Crippen LogP) is 2.80. The molecule has 1 aromatic rings. The average molecular weight is 307 g/mol. The van der Waals surface area contributed by atoms with Gasteiger partial charge in [0.1, 0.15) is 6.10 Å². The lowest BCUT2D eigenvalue weighted by molar-refractivity contribution is 0.122. The number of aromatic nitrogens is 2. The number of allylic oxidation sites excluding steroid dienone is 1. The first-order valence-corrected chi connectivity index (χ1v) is 8.86. The van der Waals surface area contributed by atoms with E-state index in [1.54, 1.807) is 0 Å². The van der Waals surface area contributed by atoms with Gasteiger partial charge in [-0.25, -0.2) is 9.97 Å². The Balaban J connectivity index is 1.91. The molecule has 0 aromatic carbocycles. The lowest BCUT2D eigenvalue weighted by Gasteiger charge is -2.29. The Hall–Kier alpha value is -1.07. The minimum Gasteiger partial charge on any atom is -0.459 e. The van der Waals surface area contributed by atoms with Crippen LogP contribution in [0, 0.1) is 0 Å². The fourth-order valence-electron chi connectivity index (χ4n) is 2.30. The van der Waals surface area contributed by atoms with Gasteiger partial charge in [-0.3, -0.25) is 4.90 Å². The number of rotatable bonds is 8. The number of nitrogens with zero attached hydrogens (tertiary/aromatic N) is 3. The van der Waals surface area contributed by atoms with Gasteiger partial charge in [0.05, 0.1) is 0 Å². The van der Waals surface area contributed by atoms with Crippen LogP contribution in [0.25, 0.3) is 0 Å². The van der Waals surface area contributed by atoms with Crippen LogP contribution >= 0.6 is 11.8 Å². The molecule has 0 bridgehead atoms. The first-order chi connectivity index (χ1) is 10.3. The highest BCUT2D eigenvalue weighted by Gasteiger charge is 2.18. The van der Waals surface area contributed by atoms with E-state index in [1.807, 2.05) is 30.2 Å². The van der Waals surface area contributed by atoms with Crippen molar-refractivity contribution in [3.05, 3.63) is 30.6 Å². The van der Waals surface area contributed by atoms with Crippen molar-refractivity contribution in [2.45, 2.75) is 32.3 Å². The molecule has 0 radical (unpaired) electrons. The van der Waals surface area contributed by atoms with E-state index in [4.69, 9.17) is 4.74 Å². The summed E-state index contributed by atoms with van der Waals surface area (Å²) in [6.07, 6.45) is 8.66. The van der Waals surface area contributed by atoms with Crippen molar-refractivity contribution in [2.75, 3.05) is 31.1 Å². The Morgan fingerprint density at radius 1 is 1.38 bits per heavy atom. The van der Waals surface area contributed by atoms with Gasteiger partial charge in [-0.05, 0) is 24.8 Å². The molecule has 0 N–H and O–H groups in total. The van der Waals surface area contributed by atoms with Crippen LogP contribution in [0.5, 0.6) is 6.01 Å². The minimum atomic E-state index is 0.138. The summed E-state index contributed by atoms with van der Waals surface area (Å²) in [5, 5.41) is 0. The van der Waals surface area contributed by atoms with Crippen LogP contribution in [0.3, 0.4) is 0 Å². The van der Waals surface area contributed by atoms with Crippen LogP contribution in [-0.2, 0) is 6.42 Å². The number of hydrogen-bond acceptors (Lipinski definition) is 5. The van der Waals surface area contributed by atoms with E-state index in [1.165, 1.54) is 11.5 Å². The Morgan fingerprint density at radius 3 is 2.71 bits per heavy atom. The zero-order valence-electron chi connectivity index (χ0n) is 12.8. The summed E-state index contributed by atoms with van der Waals surface area (Å²) >= 11 is 2.03. The number of ether oxygens (including phenoxy) is 1. The largest absolute Gasteiger partial charge is 0.459 e. The number of thioether (sulfide) groups is 1. The molecule has 0 spiro atoms. The molecule has 1 atom stereocenters. The molecular formula is C16H25N3OS. The normalized spacial score (nSPS) is 17.4. The van der Waals surface area contributed by atoms with Crippen LogP contribution < -0.4 is 4.74 Å². The van der Waals surface area contributed by atoms with Gasteiger partial charge >= 0.3 is 6.01 Å². The van der Waals surface area contributed by atoms with Gasteiger partial charge in [0, 0.05) is 43.5 Å². The van der Waals surface area contributed by atoms with Crippen LogP contribution in [0.4, 0.5) is 0 Å². The lowest BCUT2D eigenvalue weighted by Crippen LogP contribution is -2.40. The number of aryl methyl sites for hydroxylation is 1. The zero-order valence-corrected chi connectivity index (χ0v) is 13.6. The summed E-state index contributed by atoms with van der Waals surface area (Å²) in [6.45, 7) is 9.15. The minimum absolute atomic E-state index is 0.138. The Labute approximate surface area is 132 Å². The van der Waals surface area contributed by atoms with Crippen molar-refractivity contribution in [3.63, 3.8) is 0 Å². The molecule has 4 nitrogen and oxygen atoms in total. The SMILES string of the molecule is C=CCCC(CN1CCSCC1)Oc1ncc(CC)cn1. The highest BCUT2D eigenvalue weighted by molar-refractivity contribution is 7.99. The molecule has 1 aliphatic rings. The van der Waals surface area contributed by atoms with E-state index >= 15 is 0 Å². The molecule has 1 aliphatic heterocycles. The maximum Gasteiger partial charge on any atom is 0.316 e. The monoisotopic (exact) mass is 307 g/mol. The molecule has 0 amide bonds. The lowest BCUT2D eigenvalue weighted by atomic mass is 10.2. The second-order valence-corrected chi connectivity index (χ2v) is 6.47. The van der Waals surface area contributed by atoms with Gasteiger partial charge in [-0.1, -0.05) is 13.0 Å². The molecule has 1 saturated heterocycles. The maximum atomic E-state index is 6.00. The third-order valence-corrected chi connectivity index (χ3v) is 4.56. The highest BCUT2D eigenvalue weighted by atomic mass is 32.2. The van der Waals surface area contributed by atoms with Gasteiger partial charge in [-0.15, -0.1) is 6.58 Å². The van der Waals surface area contributed by atoms with Crippen LogP contribution in [-0.4, -0.2) is 52.1 Å². The summed E-state index contributed by atoms with van der Waals surface area (Å²) in [6, 6.07) is 0.493. The molecule has 1 fully saturated rings. The van der Waals surface area contributed by atoms with Crippen molar-refractivity contribution in [1.29, 1.82) is 0 Å². The van der Waals surface area contributed by atoms with Crippen molar-refractivity contribution in [3.8, 4) is 6.01 Å². The Bertz CT molecular complexity index is 418. The predicted molar refractivity (Wildman–Crippen MR) is 89.0 cm³/mol. The topological polar surface area (TPSA) is 38.2 Å². The molecule has 116 valence electrons. The van der Waals surface area contributed by atoms with E-state index in [9.17, 15) is 0 Å². The zero-order chi connectivity index (χ0) is 14.9. The van der Waals surface area contributed by atoms with Crippen molar-refractivity contribution < 1.29 is 4.74 Å². The highest BCUT2D eigenvalue weighted by Crippen LogP contribution is 2.14. The van der Waals surface area contributed by atoms with E-state index in [2.05, 4.69) is 28.4 Å². The van der Waals surface area contributed by atoms with Gasteiger partial charge < -0.3 is 4.74 Å². The van der Waals surface area contributed by atoms with Crippen molar-refractivity contribution in [2.24, 2.45) is 0 Å². The molecule has 5 heteroatoms. The quantitative estimate of drug-likeness (QED) is 0.691. The molecular weight excluding hydrogens is 282 g/mol. The molecule has 2 heterocycles. The third kappa shape index (κ3) is 5.67.